The zero-order valence-corrected chi connectivity index (χ0v) is 9.51. The van der Waals surface area contributed by atoms with Crippen molar-refractivity contribution in [2.75, 3.05) is 0 Å². The molecular formula is C16H10O2. The average molecular weight is 234 g/mol. The minimum absolute atomic E-state index is 0.0708. The van der Waals surface area contributed by atoms with Crippen LogP contribution in [0, 0.1) is 0 Å². The van der Waals surface area contributed by atoms with Gasteiger partial charge in [0.1, 0.15) is 0 Å². The van der Waals surface area contributed by atoms with Gasteiger partial charge in [0.25, 0.3) is 0 Å². The molecule has 0 aliphatic heterocycles. The van der Waals surface area contributed by atoms with Gasteiger partial charge in [0.2, 0.25) is 0 Å². The maximum Gasteiger partial charge on any atom is 0.158 e. The molecule has 4 rings (SSSR count). The SMILES string of the molecule is Oc1cc2c(cc1O)-c1cccc3cccc-2c13. The van der Waals surface area contributed by atoms with Gasteiger partial charge in [-0.25, -0.2) is 0 Å². The first-order chi connectivity index (χ1) is 8.75. The van der Waals surface area contributed by atoms with Gasteiger partial charge in [0, 0.05) is 0 Å². The summed E-state index contributed by atoms with van der Waals surface area (Å²) in [5.74, 6) is -0.142. The molecule has 86 valence electrons. The maximum absolute atomic E-state index is 9.67. The number of phenols is 2. The molecule has 0 aromatic heterocycles. The van der Waals surface area contributed by atoms with Crippen LogP contribution < -0.4 is 0 Å². The summed E-state index contributed by atoms with van der Waals surface area (Å²) in [6, 6.07) is 15.6. The van der Waals surface area contributed by atoms with Crippen LogP contribution in [0.2, 0.25) is 0 Å². The van der Waals surface area contributed by atoms with Crippen LogP contribution in [0.4, 0.5) is 0 Å². The van der Waals surface area contributed by atoms with E-state index in [9.17, 15) is 10.2 Å². The molecule has 0 fully saturated rings. The fourth-order valence-corrected chi connectivity index (χ4v) is 2.81. The van der Waals surface area contributed by atoms with E-state index in [0.717, 1.165) is 22.3 Å². The van der Waals surface area contributed by atoms with Crippen LogP contribution in [-0.2, 0) is 0 Å². The molecule has 3 aromatic carbocycles. The van der Waals surface area contributed by atoms with Gasteiger partial charge in [-0.15, -0.1) is 0 Å². The maximum atomic E-state index is 9.67. The summed E-state index contributed by atoms with van der Waals surface area (Å²) in [6.07, 6.45) is 0. The van der Waals surface area contributed by atoms with Crippen molar-refractivity contribution < 1.29 is 10.2 Å². The number of hydrogen-bond donors (Lipinski definition) is 2. The summed E-state index contributed by atoms with van der Waals surface area (Å²) < 4.78 is 0. The minimum atomic E-state index is -0.0708. The van der Waals surface area contributed by atoms with E-state index in [1.807, 2.05) is 24.3 Å². The highest BCUT2D eigenvalue weighted by Crippen LogP contribution is 2.49. The molecule has 2 N–H and O–H groups in total. The van der Waals surface area contributed by atoms with Crippen LogP contribution in [0.3, 0.4) is 0 Å². The lowest BCUT2D eigenvalue weighted by molar-refractivity contribution is 0.404. The van der Waals surface area contributed by atoms with E-state index in [0.29, 0.717) is 0 Å². The summed E-state index contributed by atoms with van der Waals surface area (Å²) in [5, 5.41) is 21.7. The molecule has 0 saturated heterocycles. The molecule has 0 bridgehead atoms. The van der Waals surface area contributed by atoms with E-state index in [1.165, 1.54) is 10.8 Å². The Kier molecular flexibility index (Phi) is 1.61. The molecule has 1 aliphatic carbocycles. The second kappa shape index (κ2) is 3.05. The Morgan fingerprint density at radius 1 is 0.611 bits per heavy atom. The molecule has 0 saturated carbocycles. The van der Waals surface area contributed by atoms with E-state index in [2.05, 4.69) is 12.1 Å². The van der Waals surface area contributed by atoms with Gasteiger partial charge in [-0.3, -0.25) is 0 Å². The van der Waals surface area contributed by atoms with E-state index >= 15 is 0 Å². The highest BCUT2D eigenvalue weighted by Gasteiger charge is 2.22. The van der Waals surface area contributed by atoms with Crippen molar-refractivity contribution >= 4 is 10.8 Å². The molecule has 1 aliphatic rings. The molecule has 0 radical (unpaired) electrons. The van der Waals surface area contributed by atoms with Crippen molar-refractivity contribution in [2.45, 2.75) is 0 Å². The minimum Gasteiger partial charge on any atom is -0.504 e. The second-order valence-corrected chi connectivity index (χ2v) is 4.60. The third-order valence-corrected chi connectivity index (χ3v) is 3.60. The normalized spacial score (nSPS) is 11.8. The monoisotopic (exact) mass is 234 g/mol. The van der Waals surface area contributed by atoms with Crippen molar-refractivity contribution in [1.82, 2.24) is 0 Å². The molecule has 0 unspecified atom stereocenters. The van der Waals surface area contributed by atoms with Crippen LogP contribution in [0.25, 0.3) is 33.0 Å². The molecule has 0 heterocycles. The van der Waals surface area contributed by atoms with Crippen molar-refractivity contribution in [1.29, 1.82) is 0 Å². The fourth-order valence-electron chi connectivity index (χ4n) is 2.81. The van der Waals surface area contributed by atoms with Gasteiger partial charge in [0.15, 0.2) is 11.5 Å². The largest absolute Gasteiger partial charge is 0.504 e. The smallest absolute Gasteiger partial charge is 0.158 e. The Labute approximate surface area is 104 Å². The summed E-state index contributed by atoms with van der Waals surface area (Å²) >= 11 is 0. The summed E-state index contributed by atoms with van der Waals surface area (Å²) in [5.41, 5.74) is 4.20. The Morgan fingerprint density at radius 2 is 1.11 bits per heavy atom. The summed E-state index contributed by atoms with van der Waals surface area (Å²) in [6.45, 7) is 0. The van der Waals surface area contributed by atoms with Crippen LogP contribution >= 0.6 is 0 Å². The van der Waals surface area contributed by atoms with E-state index < -0.39 is 0 Å². The van der Waals surface area contributed by atoms with Crippen molar-refractivity contribution in [3.05, 3.63) is 48.5 Å². The van der Waals surface area contributed by atoms with Gasteiger partial charge in [-0.05, 0) is 45.2 Å². The number of benzene rings is 3. The van der Waals surface area contributed by atoms with Crippen LogP contribution in [-0.4, -0.2) is 10.2 Å². The van der Waals surface area contributed by atoms with Crippen LogP contribution in [0.5, 0.6) is 11.5 Å². The molecule has 0 spiro atoms. The predicted octanol–water partition coefficient (Wildman–Crippen LogP) is 3.90. The standard InChI is InChI=1S/C16H10O2/c17-14-7-12-10-5-1-3-9-4-2-6-11(16(9)10)13(12)8-15(14)18/h1-8,17-18H. The van der Waals surface area contributed by atoms with E-state index in [1.54, 1.807) is 12.1 Å². The Balaban J connectivity index is 2.24. The Hall–Kier alpha value is -2.48. The molecule has 18 heavy (non-hydrogen) atoms. The second-order valence-electron chi connectivity index (χ2n) is 4.60. The fraction of sp³-hybridized carbons (Fsp3) is 0. The van der Waals surface area contributed by atoms with Gasteiger partial charge in [-0.1, -0.05) is 36.4 Å². The highest BCUT2D eigenvalue weighted by atomic mass is 16.3. The Morgan fingerprint density at radius 3 is 1.61 bits per heavy atom. The van der Waals surface area contributed by atoms with Gasteiger partial charge >= 0.3 is 0 Å². The molecule has 2 heteroatoms. The first-order valence-corrected chi connectivity index (χ1v) is 5.84. The number of fused-ring (bicyclic) bond motifs is 3. The molecule has 2 nitrogen and oxygen atoms in total. The third kappa shape index (κ3) is 1.02. The van der Waals surface area contributed by atoms with Crippen LogP contribution in [0.1, 0.15) is 0 Å². The topological polar surface area (TPSA) is 40.5 Å². The number of aromatic hydroxyl groups is 2. The lowest BCUT2D eigenvalue weighted by atomic mass is 10.0. The third-order valence-electron chi connectivity index (χ3n) is 3.60. The first kappa shape index (κ1) is 9.54. The van der Waals surface area contributed by atoms with Crippen molar-refractivity contribution in [3.8, 4) is 33.8 Å². The highest BCUT2D eigenvalue weighted by molar-refractivity contribution is 6.15. The number of hydrogen-bond acceptors (Lipinski definition) is 2. The molecule has 0 atom stereocenters. The average Bonchev–Trinajstić information content (AvgIpc) is 2.68. The van der Waals surface area contributed by atoms with Crippen molar-refractivity contribution in [3.63, 3.8) is 0 Å². The van der Waals surface area contributed by atoms with Gasteiger partial charge in [-0.2, -0.15) is 0 Å². The summed E-state index contributed by atoms with van der Waals surface area (Å²) in [4.78, 5) is 0. The zero-order chi connectivity index (χ0) is 12.3. The zero-order valence-electron chi connectivity index (χ0n) is 9.51. The van der Waals surface area contributed by atoms with Crippen molar-refractivity contribution in [2.24, 2.45) is 0 Å². The molecule has 0 amide bonds. The number of phenolic OH excluding ortho intramolecular Hbond substituents is 2. The number of rotatable bonds is 0. The molecular weight excluding hydrogens is 224 g/mol. The van der Waals surface area contributed by atoms with Crippen LogP contribution in [0.15, 0.2) is 48.5 Å². The van der Waals surface area contributed by atoms with E-state index in [-0.39, 0.29) is 11.5 Å². The quantitative estimate of drug-likeness (QED) is 0.453. The van der Waals surface area contributed by atoms with Gasteiger partial charge < -0.3 is 10.2 Å². The first-order valence-electron chi connectivity index (χ1n) is 5.84. The lowest BCUT2D eigenvalue weighted by Crippen LogP contribution is -1.77. The molecule has 3 aromatic rings. The Bertz CT molecular complexity index is 740. The lowest BCUT2D eigenvalue weighted by Gasteiger charge is -2.04. The van der Waals surface area contributed by atoms with Gasteiger partial charge in [0.05, 0.1) is 0 Å². The van der Waals surface area contributed by atoms with E-state index in [4.69, 9.17) is 0 Å². The summed E-state index contributed by atoms with van der Waals surface area (Å²) in [7, 11) is 0. The predicted molar refractivity (Wildman–Crippen MR) is 71.7 cm³/mol.